The molecule has 1 aliphatic rings. The number of hydrogen-bond acceptors (Lipinski definition) is 5. The lowest BCUT2D eigenvalue weighted by molar-refractivity contribution is -0.146. The Hall–Kier alpha value is -1.14. The summed E-state index contributed by atoms with van der Waals surface area (Å²) in [5.74, 6) is -0.473. The van der Waals surface area contributed by atoms with E-state index >= 15 is 0 Å². The van der Waals surface area contributed by atoms with Crippen molar-refractivity contribution in [3.63, 3.8) is 0 Å². The molecule has 1 rings (SSSR count). The third-order valence-electron chi connectivity index (χ3n) is 3.02. The summed E-state index contributed by atoms with van der Waals surface area (Å²) in [6.45, 7) is 4.58. The van der Waals surface area contributed by atoms with Crippen molar-refractivity contribution in [1.82, 2.24) is 15.5 Å². The van der Waals surface area contributed by atoms with Gasteiger partial charge in [0, 0.05) is 33.2 Å². The minimum atomic E-state index is -0.237. The summed E-state index contributed by atoms with van der Waals surface area (Å²) in [4.78, 5) is 25.1. The average molecular weight is 243 g/mol. The van der Waals surface area contributed by atoms with Crippen LogP contribution in [0.25, 0.3) is 0 Å². The fourth-order valence-corrected chi connectivity index (χ4v) is 2.02. The molecule has 2 N–H and O–H groups in total. The van der Waals surface area contributed by atoms with Gasteiger partial charge in [-0.3, -0.25) is 14.5 Å². The second kappa shape index (κ2) is 6.56. The van der Waals surface area contributed by atoms with Crippen LogP contribution in [-0.4, -0.2) is 63.2 Å². The Morgan fingerprint density at radius 1 is 1.59 bits per heavy atom. The van der Waals surface area contributed by atoms with Gasteiger partial charge in [0.05, 0.1) is 13.0 Å². The first kappa shape index (κ1) is 13.9. The molecule has 0 spiro atoms. The van der Waals surface area contributed by atoms with Gasteiger partial charge in [-0.1, -0.05) is 6.92 Å². The molecule has 1 fully saturated rings. The summed E-state index contributed by atoms with van der Waals surface area (Å²) >= 11 is 0. The molecule has 2 unspecified atom stereocenters. The number of carbonyl (C=O) groups is 2. The SMILES string of the molecule is CNC(=O)C1CNCCN1CC(C)C(=O)OC. The number of likely N-dealkylation sites (N-methyl/N-ethyl adjacent to an activating group) is 1. The maximum atomic E-state index is 11.7. The summed E-state index contributed by atoms with van der Waals surface area (Å²) in [5, 5.41) is 5.82. The molecule has 0 aliphatic carbocycles. The molecule has 98 valence electrons. The lowest BCUT2D eigenvalue weighted by Gasteiger charge is -2.35. The number of nitrogens with zero attached hydrogens (tertiary/aromatic N) is 1. The number of hydrogen-bond donors (Lipinski definition) is 2. The van der Waals surface area contributed by atoms with Gasteiger partial charge in [0.25, 0.3) is 0 Å². The Kier molecular flexibility index (Phi) is 5.37. The number of piperazine rings is 1. The molecular weight excluding hydrogens is 222 g/mol. The smallest absolute Gasteiger partial charge is 0.309 e. The second-order valence-electron chi connectivity index (χ2n) is 4.25. The standard InChI is InChI=1S/C11H21N3O3/c1-8(11(16)17-3)7-14-5-4-13-6-9(14)10(15)12-2/h8-9,13H,4-7H2,1-3H3,(H,12,15). The van der Waals surface area contributed by atoms with Crippen LogP contribution in [0.2, 0.25) is 0 Å². The largest absolute Gasteiger partial charge is 0.469 e. The molecule has 1 aliphatic heterocycles. The van der Waals surface area contributed by atoms with Gasteiger partial charge in [-0.05, 0) is 0 Å². The van der Waals surface area contributed by atoms with Crippen molar-refractivity contribution in [2.75, 3.05) is 40.3 Å². The third kappa shape index (κ3) is 3.67. The lowest BCUT2D eigenvalue weighted by atomic mass is 10.1. The summed E-state index contributed by atoms with van der Waals surface area (Å²) in [6.07, 6.45) is 0. The Morgan fingerprint density at radius 3 is 2.88 bits per heavy atom. The van der Waals surface area contributed by atoms with E-state index in [0.717, 1.165) is 13.1 Å². The number of esters is 1. The van der Waals surface area contributed by atoms with E-state index in [2.05, 4.69) is 10.6 Å². The highest BCUT2D eigenvalue weighted by Gasteiger charge is 2.30. The van der Waals surface area contributed by atoms with E-state index in [1.807, 2.05) is 11.8 Å². The van der Waals surface area contributed by atoms with Gasteiger partial charge in [0.15, 0.2) is 0 Å². The van der Waals surface area contributed by atoms with Gasteiger partial charge in [-0.2, -0.15) is 0 Å². The highest BCUT2D eigenvalue weighted by Crippen LogP contribution is 2.09. The van der Waals surface area contributed by atoms with Crippen molar-refractivity contribution in [2.24, 2.45) is 5.92 Å². The van der Waals surface area contributed by atoms with E-state index in [4.69, 9.17) is 4.74 Å². The molecule has 6 heteroatoms. The van der Waals surface area contributed by atoms with E-state index < -0.39 is 0 Å². The van der Waals surface area contributed by atoms with Crippen LogP contribution in [0.5, 0.6) is 0 Å². The number of nitrogens with one attached hydrogen (secondary N) is 2. The Bertz CT molecular complexity index is 283. The van der Waals surface area contributed by atoms with Gasteiger partial charge in [-0.25, -0.2) is 0 Å². The van der Waals surface area contributed by atoms with E-state index in [1.165, 1.54) is 7.11 Å². The first-order chi connectivity index (χ1) is 8.10. The number of methoxy groups -OCH3 is 1. The van der Waals surface area contributed by atoms with Crippen LogP contribution in [0.15, 0.2) is 0 Å². The van der Waals surface area contributed by atoms with Gasteiger partial charge >= 0.3 is 5.97 Å². The first-order valence-electron chi connectivity index (χ1n) is 5.84. The highest BCUT2D eigenvalue weighted by atomic mass is 16.5. The molecule has 1 amide bonds. The van der Waals surface area contributed by atoms with Crippen LogP contribution in [0, 0.1) is 5.92 Å². The number of ether oxygens (including phenoxy) is 1. The van der Waals surface area contributed by atoms with Crippen molar-refractivity contribution in [2.45, 2.75) is 13.0 Å². The zero-order valence-corrected chi connectivity index (χ0v) is 10.7. The summed E-state index contributed by atoms with van der Waals surface area (Å²) in [5.41, 5.74) is 0. The van der Waals surface area contributed by atoms with Crippen LogP contribution in [0.4, 0.5) is 0 Å². The highest BCUT2D eigenvalue weighted by molar-refractivity contribution is 5.82. The normalized spacial score (nSPS) is 22.9. The average Bonchev–Trinajstić information content (AvgIpc) is 2.37. The Balaban J connectivity index is 2.59. The van der Waals surface area contributed by atoms with E-state index in [1.54, 1.807) is 7.05 Å². The number of rotatable bonds is 4. The predicted molar refractivity (Wildman–Crippen MR) is 63.5 cm³/mol. The molecule has 0 saturated carbocycles. The van der Waals surface area contributed by atoms with Gasteiger partial charge < -0.3 is 15.4 Å². The first-order valence-corrected chi connectivity index (χ1v) is 5.84. The minimum Gasteiger partial charge on any atom is -0.469 e. The van der Waals surface area contributed by atoms with Gasteiger partial charge in [0.2, 0.25) is 5.91 Å². The van der Waals surface area contributed by atoms with Crippen LogP contribution >= 0.6 is 0 Å². The Labute approximate surface area is 102 Å². The summed E-state index contributed by atoms with van der Waals surface area (Å²) < 4.78 is 4.69. The van der Waals surface area contributed by atoms with Crippen molar-refractivity contribution in [1.29, 1.82) is 0 Å². The monoisotopic (exact) mass is 243 g/mol. The Morgan fingerprint density at radius 2 is 2.29 bits per heavy atom. The molecule has 1 saturated heterocycles. The molecule has 1 heterocycles. The molecule has 17 heavy (non-hydrogen) atoms. The second-order valence-corrected chi connectivity index (χ2v) is 4.25. The quantitative estimate of drug-likeness (QED) is 0.608. The molecule has 0 aromatic heterocycles. The molecule has 0 aromatic rings. The molecule has 0 aromatic carbocycles. The topological polar surface area (TPSA) is 70.7 Å². The van der Waals surface area contributed by atoms with Crippen LogP contribution in [0.1, 0.15) is 6.92 Å². The number of amides is 1. The van der Waals surface area contributed by atoms with Crippen LogP contribution in [0.3, 0.4) is 0 Å². The maximum absolute atomic E-state index is 11.7. The fourth-order valence-electron chi connectivity index (χ4n) is 2.02. The third-order valence-corrected chi connectivity index (χ3v) is 3.02. The van der Waals surface area contributed by atoms with E-state index in [-0.39, 0.29) is 23.8 Å². The summed E-state index contributed by atoms with van der Waals surface area (Å²) in [7, 11) is 3.01. The maximum Gasteiger partial charge on any atom is 0.309 e. The van der Waals surface area contributed by atoms with Gasteiger partial charge in [-0.15, -0.1) is 0 Å². The molecule has 0 bridgehead atoms. The van der Waals surface area contributed by atoms with Crippen molar-refractivity contribution in [3.05, 3.63) is 0 Å². The predicted octanol–water partition coefficient (Wildman–Crippen LogP) is -1.18. The van der Waals surface area contributed by atoms with Crippen molar-refractivity contribution < 1.29 is 14.3 Å². The minimum absolute atomic E-state index is 0.0192. The van der Waals surface area contributed by atoms with Crippen molar-refractivity contribution in [3.8, 4) is 0 Å². The van der Waals surface area contributed by atoms with Crippen LogP contribution < -0.4 is 10.6 Å². The zero-order valence-electron chi connectivity index (χ0n) is 10.7. The van der Waals surface area contributed by atoms with E-state index in [9.17, 15) is 9.59 Å². The molecule has 0 radical (unpaired) electrons. The molecular formula is C11H21N3O3. The number of carbonyl (C=O) groups excluding carboxylic acids is 2. The van der Waals surface area contributed by atoms with E-state index in [0.29, 0.717) is 13.1 Å². The lowest BCUT2D eigenvalue weighted by Crippen LogP contribution is -2.58. The molecule has 6 nitrogen and oxygen atoms in total. The zero-order chi connectivity index (χ0) is 12.8. The van der Waals surface area contributed by atoms with Crippen molar-refractivity contribution >= 4 is 11.9 Å². The molecule has 2 atom stereocenters. The van der Waals surface area contributed by atoms with Gasteiger partial charge in [0.1, 0.15) is 6.04 Å². The van der Waals surface area contributed by atoms with Crippen LogP contribution in [-0.2, 0) is 14.3 Å². The fraction of sp³-hybridized carbons (Fsp3) is 0.818. The summed E-state index contributed by atoms with van der Waals surface area (Å²) in [6, 6.07) is -0.208.